The Morgan fingerprint density at radius 2 is 1.79 bits per heavy atom. The molecule has 2 unspecified atom stereocenters. The molecule has 3 rings (SSSR count). The number of fused-ring (bicyclic) bond motifs is 1. The van der Waals surface area contributed by atoms with E-state index in [-0.39, 0.29) is 28.6 Å². The second-order valence-electron chi connectivity index (χ2n) is 7.13. The number of carbonyl (C=O) groups is 1. The van der Waals surface area contributed by atoms with Crippen LogP contribution in [0.25, 0.3) is 0 Å². The molecule has 1 aliphatic heterocycles. The molecule has 0 aromatic heterocycles. The molecule has 2 aromatic rings. The highest BCUT2D eigenvalue weighted by atomic mass is 35.5. The van der Waals surface area contributed by atoms with Crippen LogP contribution in [0.2, 0.25) is 5.02 Å². The molecule has 7 heteroatoms. The lowest BCUT2D eigenvalue weighted by Gasteiger charge is -2.28. The summed E-state index contributed by atoms with van der Waals surface area (Å²) in [4.78, 5) is 12.6. The quantitative estimate of drug-likeness (QED) is 0.738. The lowest BCUT2D eigenvalue weighted by molar-refractivity contribution is -0.118. The lowest BCUT2D eigenvalue weighted by atomic mass is 9.94. The minimum Gasteiger partial charge on any atom is -0.486 e. The number of anilines is 1. The van der Waals surface area contributed by atoms with Crippen LogP contribution in [0.3, 0.4) is 0 Å². The van der Waals surface area contributed by atoms with E-state index in [4.69, 9.17) is 21.1 Å². The topological polar surface area (TPSA) is 59.6 Å². The van der Waals surface area contributed by atoms with Crippen LogP contribution in [-0.2, 0) is 4.79 Å². The van der Waals surface area contributed by atoms with Gasteiger partial charge in [0.05, 0.1) is 11.7 Å². The Balaban J connectivity index is 1.72. The van der Waals surface area contributed by atoms with Gasteiger partial charge in [0.1, 0.15) is 19.0 Å². The molecule has 0 spiro atoms. The Bertz CT molecular complexity index is 860. The van der Waals surface area contributed by atoms with Crippen LogP contribution in [0.15, 0.2) is 36.4 Å². The average molecular weight is 407 g/mol. The van der Waals surface area contributed by atoms with Crippen molar-refractivity contribution in [2.75, 3.05) is 18.5 Å². The average Bonchev–Trinajstić information content (AvgIpc) is 2.67. The normalized spacial score (nSPS) is 15.2. The van der Waals surface area contributed by atoms with Crippen molar-refractivity contribution in [1.29, 1.82) is 0 Å². The van der Waals surface area contributed by atoms with E-state index >= 15 is 0 Å². The summed E-state index contributed by atoms with van der Waals surface area (Å²) in [6, 6.07) is 9.30. The van der Waals surface area contributed by atoms with Gasteiger partial charge in [-0.3, -0.25) is 10.1 Å². The monoisotopic (exact) mass is 406 g/mol. The van der Waals surface area contributed by atoms with E-state index in [9.17, 15) is 9.18 Å². The zero-order valence-electron chi connectivity index (χ0n) is 16.1. The number of amides is 1. The maximum Gasteiger partial charge on any atom is 0.241 e. The lowest BCUT2D eigenvalue weighted by Crippen LogP contribution is -2.42. The molecular formula is C21H24ClFN2O3. The summed E-state index contributed by atoms with van der Waals surface area (Å²) in [5, 5.41) is 6.21. The number of halogens is 2. The van der Waals surface area contributed by atoms with Crippen LogP contribution < -0.4 is 20.1 Å². The van der Waals surface area contributed by atoms with Crippen molar-refractivity contribution in [2.24, 2.45) is 5.92 Å². The molecule has 1 heterocycles. The van der Waals surface area contributed by atoms with Gasteiger partial charge >= 0.3 is 0 Å². The molecule has 150 valence electrons. The summed E-state index contributed by atoms with van der Waals surface area (Å²) in [5.41, 5.74) is 1.10. The summed E-state index contributed by atoms with van der Waals surface area (Å²) < 4.78 is 25.2. The Labute approximate surface area is 169 Å². The van der Waals surface area contributed by atoms with Crippen LogP contribution in [0, 0.1) is 11.7 Å². The third-order valence-corrected chi connectivity index (χ3v) is 4.84. The van der Waals surface area contributed by atoms with Crippen LogP contribution in [0.1, 0.15) is 32.4 Å². The maximum absolute atomic E-state index is 13.9. The summed E-state index contributed by atoms with van der Waals surface area (Å²) in [5.74, 6) is 0.743. The minimum absolute atomic E-state index is 0.0911. The highest BCUT2D eigenvalue weighted by molar-refractivity contribution is 6.30. The third-order valence-electron chi connectivity index (χ3n) is 4.60. The summed E-state index contributed by atoms with van der Waals surface area (Å²) in [7, 11) is 0. The molecule has 0 saturated heterocycles. The van der Waals surface area contributed by atoms with Crippen molar-refractivity contribution < 1.29 is 18.7 Å². The number of carbonyl (C=O) groups excluding carboxylic acids is 1. The zero-order chi connectivity index (χ0) is 20.3. The van der Waals surface area contributed by atoms with Crippen molar-refractivity contribution in [2.45, 2.75) is 32.9 Å². The van der Waals surface area contributed by atoms with Gasteiger partial charge in [0.15, 0.2) is 11.5 Å². The molecule has 0 radical (unpaired) electrons. The van der Waals surface area contributed by atoms with Gasteiger partial charge in [0.25, 0.3) is 0 Å². The molecule has 0 bridgehead atoms. The highest BCUT2D eigenvalue weighted by Gasteiger charge is 2.24. The van der Waals surface area contributed by atoms with Gasteiger partial charge in [0.2, 0.25) is 5.91 Å². The Hall–Kier alpha value is -2.31. The summed E-state index contributed by atoms with van der Waals surface area (Å²) in [6.45, 7) is 6.94. The maximum atomic E-state index is 13.9. The molecule has 0 aliphatic carbocycles. The first-order chi connectivity index (χ1) is 13.3. The number of nitrogens with one attached hydrogen (secondary N) is 2. The standard InChI is InChI=1S/C21H24ClFN2O3/c1-12(2)20(14-4-7-18-19(10-14)28-9-8-27-18)24-13(3)21(26)25-17-6-5-15(22)11-16(17)23/h4-7,10-13,20,24H,8-9H2,1-3H3,(H,25,26). The predicted molar refractivity (Wildman–Crippen MR) is 108 cm³/mol. The highest BCUT2D eigenvalue weighted by Crippen LogP contribution is 2.34. The Morgan fingerprint density at radius 1 is 1.07 bits per heavy atom. The fourth-order valence-electron chi connectivity index (χ4n) is 3.10. The van der Waals surface area contributed by atoms with Gasteiger partial charge in [-0.1, -0.05) is 31.5 Å². The third kappa shape index (κ3) is 4.75. The van der Waals surface area contributed by atoms with Crippen LogP contribution >= 0.6 is 11.6 Å². The molecule has 2 aromatic carbocycles. The zero-order valence-corrected chi connectivity index (χ0v) is 16.8. The first-order valence-corrected chi connectivity index (χ1v) is 9.64. The van der Waals surface area contributed by atoms with Crippen LogP contribution in [0.5, 0.6) is 11.5 Å². The van der Waals surface area contributed by atoms with E-state index in [1.807, 2.05) is 18.2 Å². The number of ether oxygens (including phenoxy) is 2. The molecular weight excluding hydrogens is 383 g/mol. The number of hydrogen-bond acceptors (Lipinski definition) is 4. The molecule has 2 atom stereocenters. The first kappa shape index (κ1) is 20.4. The van der Waals surface area contributed by atoms with Crippen molar-refractivity contribution in [1.82, 2.24) is 5.32 Å². The van der Waals surface area contributed by atoms with E-state index < -0.39 is 11.9 Å². The van der Waals surface area contributed by atoms with E-state index in [2.05, 4.69) is 24.5 Å². The van der Waals surface area contributed by atoms with E-state index in [1.165, 1.54) is 18.2 Å². The van der Waals surface area contributed by atoms with Gasteiger partial charge in [-0.2, -0.15) is 0 Å². The first-order valence-electron chi connectivity index (χ1n) is 9.26. The smallest absolute Gasteiger partial charge is 0.241 e. The molecule has 28 heavy (non-hydrogen) atoms. The van der Waals surface area contributed by atoms with Gasteiger partial charge < -0.3 is 14.8 Å². The van der Waals surface area contributed by atoms with Crippen molar-refractivity contribution in [3.05, 3.63) is 52.8 Å². The number of benzene rings is 2. The fourth-order valence-corrected chi connectivity index (χ4v) is 3.26. The predicted octanol–water partition coefficient (Wildman–Crippen LogP) is 4.56. The van der Waals surface area contributed by atoms with E-state index in [0.29, 0.717) is 19.0 Å². The molecule has 1 aliphatic rings. The van der Waals surface area contributed by atoms with Gasteiger partial charge in [-0.25, -0.2) is 4.39 Å². The molecule has 0 saturated carbocycles. The Kier molecular flexibility index (Phi) is 6.42. The second kappa shape index (κ2) is 8.80. The van der Waals surface area contributed by atoms with Crippen molar-refractivity contribution in [3.63, 3.8) is 0 Å². The Morgan fingerprint density at radius 3 is 2.46 bits per heavy atom. The number of hydrogen-bond donors (Lipinski definition) is 2. The van der Waals surface area contributed by atoms with Gasteiger partial charge in [-0.15, -0.1) is 0 Å². The minimum atomic E-state index is -0.569. The van der Waals surface area contributed by atoms with E-state index in [1.54, 1.807) is 6.92 Å². The molecule has 2 N–H and O–H groups in total. The largest absolute Gasteiger partial charge is 0.486 e. The SMILES string of the molecule is CC(NC(c1ccc2c(c1)OCCO2)C(C)C)C(=O)Nc1ccc(Cl)cc1F. The second-order valence-corrected chi connectivity index (χ2v) is 7.56. The van der Waals surface area contributed by atoms with Gasteiger partial charge in [0, 0.05) is 11.1 Å². The molecule has 0 fully saturated rings. The van der Waals surface area contributed by atoms with Crippen LogP contribution in [-0.4, -0.2) is 25.2 Å². The van der Waals surface area contributed by atoms with Crippen molar-refractivity contribution >= 4 is 23.2 Å². The van der Waals surface area contributed by atoms with E-state index in [0.717, 1.165) is 11.3 Å². The van der Waals surface area contributed by atoms with Crippen LogP contribution in [0.4, 0.5) is 10.1 Å². The number of rotatable bonds is 6. The molecule has 5 nitrogen and oxygen atoms in total. The summed E-state index contributed by atoms with van der Waals surface area (Å²) in [6.07, 6.45) is 0. The van der Waals surface area contributed by atoms with Gasteiger partial charge in [-0.05, 0) is 48.7 Å². The summed E-state index contributed by atoms with van der Waals surface area (Å²) >= 11 is 5.75. The fraction of sp³-hybridized carbons (Fsp3) is 0.381. The van der Waals surface area contributed by atoms with Crippen molar-refractivity contribution in [3.8, 4) is 11.5 Å². The molecule has 1 amide bonds.